The van der Waals surface area contributed by atoms with Crippen molar-refractivity contribution < 1.29 is 14.0 Å². The van der Waals surface area contributed by atoms with Crippen molar-refractivity contribution in [2.75, 3.05) is 5.32 Å². The van der Waals surface area contributed by atoms with Crippen molar-refractivity contribution in [3.8, 4) is 0 Å². The van der Waals surface area contributed by atoms with Crippen molar-refractivity contribution in [1.82, 2.24) is 5.43 Å². The van der Waals surface area contributed by atoms with E-state index in [2.05, 4.69) is 15.8 Å². The number of fused-ring (bicyclic) bond motifs is 1. The van der Waals surface area contributed by atoms with Crippen LogP contribution in [-0.2, 0) is 6.42 Å². The fourth-order valence-electron chi connectivity index (χ4n) is 4.03. The van der Waals surface area contributed by atoms with Gasteiger partial charge in [0.15, 0.2) is 5.76 Å². The lowest BCUT2D eigenvalue weighted by atomic mass is 9.93. The van der Waals surface area contributed by atoms with Crippen molar-refractivity contribution in [3.05, 3.63) is 87.4 Å². The van der Waals surface area contributed by atoms with E-state index in [4.69, 9.17) is 4.42 Å². The van der Waals surface area contributed by atoms with Crippen LogP contribution in [0, 0.1) is 27.7 Å². The fourth-order valence-corrected chi connectivity index (χ4v) is 4.03. The maximum absolute atomic E-state index is 13.0. The molecular weight excluding hydrogens is 402 g/mol. The van der Waals surface area contributed by atoms with Crippen LogP contribution in [0.4, 0.5) is 5.69 Å². The maximum Gasteiger partial charge on any atom is 0.291 e. The smallest absolute Gasteiger partial charge is 0.291 e. The minimum absolute atomic E-state index is 0.262. The molecule has 0 saturated heterocycles. The van der Waals surface area contributed by atoms with Crippen LogP contribution in [0.5, 0.6) is 0 Å². The Morgan fingerprint density at radius 3 is 2.50 bits per heavy atom. The second-order valence-corrected chi connectivity index (χ2v) is 8.28. The highest BCUT2D eigenvalue weighted by Gasteiger charge is 2.28. The number of anilines is 1. The van der Waals surface area contributed by atoms with Gasteiger partial charge in [-0.25, -0.2) is 5.43 Å². The number of hydrazone groups is 1. The molecule has 0 fully saturated rings. The van der Waals surface area contributed by atoms with Gasteiger partial charge in [0, 0.05) is 28.8 Å². The number of hydrogen-bond acceptors (Lipinski definition) is 4. The molecule has 3 aromatic rings. The average Bonchev–Trinajstić information content (AvgIpc) is 3.12. The van der Waals surface area contributed by atoms with Gasteiger partial charge in [-0.2, -0.15) is 5.10 Å². The van der Waals surface area contributed by atoms with E-state index in [1.807, 2.05) is 64.1 Å². The monoisotopic (exact) mass is 429 g/mol. The number of rotatable bonds is 4. The third kappa shape index (κ3) is 4.21. The van der Waals surface area contributed by atoms with Crippen molar-refractivity contribution in [3.63, 3.8) is 0 Å². The lowest BCUT2D eigenvalue weighted by molar-refractivity contribution is 0.0953. The summed E-state index contributed by atoms with van der Waals surface area (Å²) in [7, 11) is 0. The van der Waals surface area contributed by atoms with Crippen molar-refractivity contribution >= 4 is 23.2 Å². The summed E-state index contributed by atoms with van der Waals surface area (Å²) >= 11 is 0. The standard InChI is InChI=1S/C26H27N3O3/c1-15-8-5-10-19(14-15)25(30)29-28-21-12-7-13-22-23(21)18(4)24(32-22)26(31)27-20-11-6-9-16(2)17(20)3/h5-6,8-11,14H,7,12-13H2,1-4H3,(H,27,31)(H,29,30)/b28-21+. The molecule has 0 unspecified atom stereocenters. The van der Waals surface area contributed by atoms with Gasteiger partial charge in [-0.15, -0.1) is 0 Å². The lowest BCUT2D eigenvalue weighted by Gasteiger charge is -2.13. The van der Waals surface area contributed by atoms with Gasteiger partial charge in [0.1, 0.15) is 5.76 Å². The summed E-state index contributed by atoms with van der Waals surface area (Å²) < 4.78 is 5.97. The largest absolute Gasteiger partial charge is 0.455 e. The highest BCUT2D eigenvalue weighted by molar-refractivity contribution is 6.09. The predicted molar refractivity (Wildman–Crippen MR) is 125 cm³/mol. The van der Waals surface area contributed by atoms with Gasteiger partial charge in [0.2, 0.25) is 0 Å². The number of nitrogens with zero attached hydrogens (tertiary/aromatic N) is 1. The number of carbonyl (C=O) groups excluding carboxylic acids is 2. The molecule has 0 saturated carbocycles. The first kappa shape index (κ1) is 21.6. The molecule has 1 heterocycles. The van der Waals surface area contributed by atoms with Crippen molar-refractivity contribution in [2.45, 2.75) is 47.0 Å². The number of carbonyl (C=O) groups is 2. The topological polar surface area (TPSA) is 83.7 Å². The highest BCUT2D eigenvalue weighted by atomic mass is 16.4. The van der Waals surface area contributed by atoms with Crippen LogP contribution in [0.3, 0.4) is 0 Å². The maximum atomic E-state index is 13.0. The SMILES string of the molecule is Cc1cccc(C(=O)N/N=C2\CCCc3oc(C(=O)Nc4cccc(C)c4C)c(C)c32)c1. The summed E-state index contributed by atoms with van der Waals surface area (Å²) in [5.41, 5.74) is 9.43. The molecule has 0 aliphatic heterocycles. The second kappa shape index (κ2) is 8.83. The number of amides is 2. The molecule has 0 radical (unpaired) electrons. The Balaban J connectivity index is 1.58. The van der Waals surface area contributed by atoms with Crippen molar-refractivity contribution in [1.29, 1.82) is 0 Å². The molecule has 2 amide bonds. The Bertz CT molecular complexity index is 1240. The molecule has 1 aliphatic rings. The van der Waals surface area contributed by atoms with E-state index < -0.39 is 0 Å². The van der Waals surface area contributed by atoms with Crippen molar-refractivity contribution in [2.24, 2.45) is 5.10 Å². The summed E-state index contributed by atoms with van der Waals surface area (Å²) in [5, 5.41) is 7.37. The van der Waals surface area contributed by atoms with E-state index in [-0.39, 0.29) is 17.6 Å². The van der Waals surface area contributed by atoms with Crippen LogP contribution < -0.4 is 10.7 Å². The molecule has 2 aromatic carbocycles. The van der Waals surface area contributed by atoms with E-state index in [0.29, 0.717) is 12.0 Å². The second-order valence-electron chi connectivity index (χ2n) is 8.28. The van der Waals surface area contributed by atoms with Crippen LogP contribution in [0.15, 0.2) is 52.0 Å². The first-order chi connectivity index (χ1) is 15.3. The molecule has 164 valence electrons. The number of aryl methyl sites for hydroxylation is 3. The van der Waals surface area contributed by atoms with Crippen LogP contribution >= 0.6 is 0 Å². The van der Waals surface area contributed by atoms with E-state index >= 15 is 0 Å². The molecule has 6 heteroatoms. The third-order valence-electron chi connectivity index (χ3n) is 5.96. The molecule has 1 aliphatic carbocycles. The Morgan fingerprint density at radius 2 is 1.72 bits per heavy atom. The number of furan rings is 1. The summed E-state index contributed by atoms with van der Waals surface area (Å²) in [5.74, 6) is 0.482. The van der Waals surface area contributed by atoms with Gasteiger partial charge in [-0.3, -0.25) is 9.59 Å². The van der Waals surface area contributed by atoms with Crippen LogP contribution in [0.1, 0.15) is 67.3 Å². The van der Waals surface area contributed by atoms with Gasteiger partial charge in [-0.1, -0.05) is 29.8 Å². The molecule has 0 atom stereocenters. The first-order valence-electron chi connectivity index (χ1n) is 10.8. The van der Waals surface area contributed by atoms with E-state index in [0.717, 1.165) is 57.8 Å². The van der Waals surface area contributed by atoms with E-state index in [1.54, 1.807) is 6.07 Å². The van der Waals surface area contributed by atoms with Gasteiger partial charge >= 0.3 is 0 Å². The summed E-state index contributed by atoms with van der Waals surface area (Å²) in [6, 6.07) is 13.2. The Labute approximate surface area is 187 Å². The number of benzene rings is 2. The van der Waals surface area contributed by atoms with Crippen LogP contribution in [0.25, 0.3) is 0 Å². The summed E-state index contributed by atoms with van der Waals surface area (Å²) in [6.45, 7) is 7.79. The van der Waals surface area contributed by atoms with Gasteiger partial charge in [0.05, 0.1) is 5.71 Å². The van der Waals surface area contributed by atoms with Crippen LogP contribution in [0.2, 0.25) is 0 Å². The van der Waals surface area contributed by atoms with E-state index in [1.165, 1.54) is 0 Å². The quantitative estimate of drug-likeness (QED) is 0.557. The fraction of sp³-hybridized carbons (Fsp3) is 0.269. The molecule has 32 heavy (non-hydrogen) atoms. The van der Waals surface area contributed by atoms with Crippen LogP contribution in [-0.4, -0.2) is 17.5 Å². The minimum Gasteiger partial charge on any atom is -0.455 e. The normalized spacial score (nSPS) is 14.2. The predicted octanol–water partition coefficient (Wildman–Crippen LogP) is 5.24. The highest BCUT2D eigenvalue weighted by Crippen LogP contribution is 2.30. The minimum atomic E-state index is -0.284. The lowest BCUT2D eigenvalue weighted by Crippen LogP contribution is -2.22. The zero-order valence-electron chi connectivity index (χ0n) is 18.8. The molecule has 6 nitrogen and oxygen atoms in total. The summed E-state index contributed by atoms with van der Waals surface area (Å²) in [4.78, 5) is 25.5. The molecule has 4 rings (SSSR count). The van der Waals surface area contributed by atoms with E-state index in [9.17, 15) is 9.59 Å². The van der Waals surface area contributed by atoms with Gasteiger partial charge < -0.3 is 9.73 Å². The third-order valence-corrected chi connectivity index (χ3v) is 5.96. The zero-order chi connectivity index (χ0) is 22.8. The Hall–Kier alpha value is -3.67. The molecule has 0 spiro atoms. The molecular formula is C26H27N3O3. The molecule has 2 N–H and O–H groups in total. The molecule has 0 bridgehead atoms. The Kier molecular flexibility index (Phi) is 5.95. The summed E-state index contributed by atoms with van der Waals surface area (Å²) in [6.07, 6.45) is 2.29. The first-order valence-corrected chi connectivity index (χ1v) is 10.8. The molecule has 1 aromatic heterocycles. The van der Waals surface area contributed by atoms with Gasteiger partial charge in [-0.05, 0) is 69.9 Å². The number of nitrogens with one attached hydrogen (secondary N) is 2. The number of hydrogen-bond donors (Lipinski definition) is 2. The average molecular weight is 430 g/mol. The Morgan fingerprint density at radius 1 is 0.938 bits per heavy atom. The van der Waals surface area contributed by atoms with Gasteiger partial charge in [0.25, 0.3) is 11.8 Å². The zero-order valence-corrected chi connectivity index (χ0v) is 18.8.